The second-order valence-corrected chi connectivity index (χ2v) is 5.70. The standard InChI is InChI=1S/C14H23N3O/c1-9-5-6-10(14(2,3)4)7-11(9)12(15)8-13(18)17-16/h5-7,12H,8,15-16H2,1-4H3,(H,17,18). The fourth-order valence-electron chi connectivity index (χ4n) is 1.88. The van der Waals surface area contributed by atoms with Crippen molar-refractivity contribution in [2.75, 3.05) is 0 Å². The van der Waals surface area contributed by atoms with Crippen LogP contribution in [0.25, 0.3) is 0 Å². The lowest BCUT2D eigenvalue weighted by Crippen LogP contribution is -2.33. The summed E-state index contributed by atoms with van der Waals surface area (Å²) in [6.45, 7) is 8.46. The zero-order chi connectivity index (χ0) is 13.9. The Bertz CT molecular complexity index is 435. The summed E-state index contributed by atoms with van der Waals surface area (Å²) < 4.78 is 0. The normalized spacial score (nSPS) is 13.2. The van der Waals surface area contributed by atoms with Crippen molar-refractivity contribution in [3.05, 3.63) is 34.9 Å². The Hall–Kier alpha value is -1.39. The van der Waals surface area contributed by atoms with Gasteiger partial charge in [0.15, 0.2) is 0 Å². The van der Waals surface area contributed by atoms with Crippen LogP contribution in [0, 0.1) is 6.92 Å². The van der Waals surface area contributed by atoms with Gasteiger partial charge >= 0.3 is 0 Å². The Morgan fingerprint density at radius 2 is 2.00 bits per heavy atom. The zero-order valence-corrected chi connectivity index (χ0v) is 11.6. The summed E-state index contributed by atoms with van der Waals surface area (Å²) in [5.74, 6) is 4.83. The lowest BCUT2D eigenvalue weighted by atomic mass is 9.84. The minimum Gasteiger partial charge on any atom is -0.324 e. The van der Waals surface area contributed by atoms with Gasteiger partial charge in [0.1, 0.15) is 0 Å². The van der Waals surface area contributed by atoms with Gasteiger partial charge in [-0.2, -0.15) is 0 Å². The van der Waals surface area contributed by atoms with Gasteiger partial charge in [-0.1, -0.05) is 39.0 Å². The van der Waals surface area contributed by atoms with E-state index in [0.29, 0.717) is 0 Å². The van der Waals surface area contributed by atoms with E-state index in [9.17, 15) is 4.79 Å². The summed E-state index contributed by atoms with van der Waals surface area (Å²) in [6.07, 6.45) is 0.199. The highest BCUT2D eigenvalue weighted by molar-refractivity contribution is 5.76. The maximum atomic E-state index is 11.3. The maximum absolute atomic E-state index is 11.3. The van der Waals surface area contributed by atoms with Gasteiger partial charge in [0.05, 0.1) is 0 Å². The summed E-state index contributed by atoms with van der Waals surface area (Å²) in [6, 6.07) is 5.92. The van der Waals surface area contributed by atoms with Gasteiger partial charge in [0, 0.05) is 12.5 Å². The largest absolute Gasteiger partial charge is 0.324 e. The van der Waals surface area contributed by atoms with E-state index in [1.165, 1.54) is 5.56 Å². The molecule has 1 rings (SSSR count). The number of aryl methyl sites for hydroxylation is 1. The lowest BCUT2D eigenvalue weighted by molar-refractivity contribution is -0.121. The second kappa shape index (κ2) is 5.50. The summed E-state index contributed by atoms with van der Waals surface area (Å²) in [7, 11) is 0. The molecule has 0 heterocycles. The number of hydrazine groups is 1. The molecular formula is C14H23N3O. The summed E-state index contributed by atoms with van der Waals surface area (Å²) in [5, 5.41) is 0. The van der Waals surface area contributed by atoms with E-state index in [2.05, 4.69) is 44.4 Å². The van der Waals surface area contributed by atoms with E-state index in [0.717, 1.165) is 11.1 Å². The topological polar surface area (TPSA) is 81.1 Å². The minimum absolute atomic E-state index is 0.0678. The van der Waals surface area contributed by atoms with Crippen LogP contribution in [-0.2, 0) is 10.2 Å². The van der Waals surface area contributed by atoms with E-state index in [1.54, 1.807) is 0 Å². The molecule has 0 aliphatic rings. The SMILES string of the molecule is Cc1ccc(C(C)(C)C)cc1C(N)CC(=O)NN. The van der Waals surface area contributed by atoms with Crippen LogP contribution in [0.5, 0.6) is 0 Å². The van der Waals surface area contributed by atoms with Crippen molar-refractivity contribution in [1.29, 1.82) is 0 Å². The van der Waals surface area contributed by atoms with Crippen LogP contribution in [0.15, 0.2) is 18.2 Å². The average Bonchev–Trinajstić information content (AvgIpc) is 2.27. The molecule has 1 atom stereocenters. The molecule has 0 aliphatic carbocycles. The summed E-state index contributed by atoms with van der Waals surface area (Å²) >= 11 is 0. The molecule has 0 spiro atoms. The molecule has 0 saturated carbocycles. The van der Waals surface area contributed by atoms with Crippen molar-refractivity contribution in [3.63, 3.8) is 0 Å². The highest BCUT2D eigenvalue weighted by Gasteiger charge is 2.18. The van der Waals surface area contributed by atoms with Crippen molar-refractivity contribution < 1.29 is 4.79 Å². The number of hydrogen-bond acceptors (Lipinski definition) is 3. The molecule has 18 heavy (non-hydrogen) atoms. The highest BCUT2D eigenvalue weighted by Crippen LogP contribution is 2.27. The highest BCUT2D eigenvalue weighted by atomic mass is 16.2. The van der Waals surface area contributed by atoms with Crippen molar-refractivity contribution in [2.24, 2.45) is 11.6 Å². The second-order valence-electron chi connectivity index (χ2n) is 5.70. The van der Waals surface area contributed by atoms with Crippen LogP contribution in [-0.4, -0.2) is 5.91 Å². The quantitative estimate of drug-likeness (QED) is 0.433. The van der Waals surface area contributed by atoms with Gasteiger partial charge in [-0.25, -0.2) is 5.84 Å². The molecule has 1 amide bonds. The Morgan fingerprint density at radius 3 is 2.50 bits per heavy atom. The molecule has 0 saturated heterocycles. The Morgan fingerprint density at radius 1 is 1.39 bits per heavy atom. The van der Waals surface area contributed by atoms with Crippen LogP contribution in [0.4, 0.5) is 0 Å². The molecule has 0 radical (unpaired) electrons. The molecule has 1 aromatic rings. The molecule has 0 aromatic heterocycles. The maximum Gasteiger partial charge on any atom is 0.235 e. The predicted octanol–water partition coefficient (Wildman–Crippen LogP) is 1.67. The van der Waals surface area contributed by atoms with Crippen molar-refractivity contribution in [3.8, 4) is 0 Å². The fourth-order valence-corrected chi connectivity index (χ4v) is 1.88. The smallest absolute Gasteiger partial charge is 0.235 e. The van der Waals surface area contributed by atoms with Crippen molar-refractivity contribution in [2.45, 2.75) is 45.6 Å². The van der Waals surface area contributed by atoms with E-state index in [4.69, 9.17) is 11.6 Å². The lowest BCUT2D eigenvalue weighted by Gasteiger charge is -2.22. The predicted molar refractivity (Wildman–Crippen MR) is 73.8 cm³/mol. The first kappa shape index (κ1) is 14.7. The van der Waals surface area contributed by atoms with Crippen LogP contribution in [0.1, 0.15) is 49.9 Å². The van der Waals surface area contributed by atoms with Crippen molar-refractivity contribution >= 4 is 5.91 Å². The summed E-state index contributed by atoms with van der Waals surface area (Å²) in [4.78, 5) is 11.3. The van der Waals surface area contributed by atoms with Gasteiger partial charge in [-0.05, 0) is 29.0 Å². The average molecular weight is 249 g/mol. The number of carbonyl (C=O) groups is 1. The van der Waals surface area contributed by atoms with Gasteiger partial charge in [-0.3, -0.25) is 10.2 Å². The fraction of sp³-hybridized carbons (Fsp3) is 0.500. The van der Waals surface area contributed by atoms with Gasteiger partial charge < -0.3 is 5.73 Å². The Kier molecular flexibility index (Phi) is 4.48. The van der Waals surface area contributed by atoms with Crippen LogP contribution >= 0.6 is 0 Å². The number of carbonyl (C=O) groups excluding carboxylic acids is 1. The van der Waals surface area contributed by atoms with Crippen molar-refractivity contribution in [1.82, 2.24) is 5.43 Å². The number of nitrogens with two attached hydrogens (primary N) is 2. The monoisotopic (exact) mass is 249 g/mol. The molecular weight excluding hydrogens is 226 g/mol. The number of hydrogen-bond donors (Lipinski definition) is 3. The van der Waals surface area contributed by atoms with Crippen LogP contribution in [0.3, 0.4) is 0 Å². The molecule has 1 aromatic carbocycles. The first-order valence-corrected chi connectivity index (χ1v) is 6.11. The molecule has 4 heteroatoms. The summed E-state index contributed by atoms with van der Waals surface area (Å²) in [5.41, 5.74) is 11.6. The van der Waals surface area contributed by atoms with Crippen LogP contribution < -0.4 is 17.0 Å². The zero-order valence-electron chi connectivity index (χ0n) is 11.6. The van der Waals surface area contributed by atoms with Gasteiger partial charge in [0.2, 0.25) is 5.91 Å². The number of rotatable bonds is 3. The number of nitrogens with one attached hydrogen (secondary N) is 1. The molecule has 4 nitrogen and oxygen atoms in total. The molecule has 100 valence electrons. The molecule has 0 aliphatic heterocycles. The van der Waals surface area contributed by atoms with E-state index in [1.807, 2.05) is 6.92 Å². The molecule has 1 unspecified atom stereocenters. The molecule has 0 fully saturated rings. The Balaban J connectivity index is 3.04. The van der Waals surface area contributed by atoms with Gasteiger partial charge in [0.25, 0.3) is 0 Å². The van der Waals surface area contributed by atoms with E-state index < -0.39 is 0 Å². The Labute approximate surface area is 109 Å². The number of amides is 1. The van der Waals surface area contributed by atoms with E-state index >= 15 is 0 Å². The third kappa shape index (κ3) is 3.55. The van der Waals surface area contributed by atoms with Gasteiger partial charge in [-0.15, -0.1) is 0 Å². The minimum atomic E-state index is -0.323. The van der Waals surface area contributed by atoms with E-state index in [-0.39, 0.29) is 23.8 Å². The first-order valence-electron chi connectivity index (χ1n) is 6.11. The molecule has 5 N–H and O–H groups in total. The first-order chi connectivity index (χ1) is 8.25. The number of benzene rings is 1. The third-order valence-electron chi connectivity index (χ3n) is 3.11. The van der Waals surface area contributed by atoms with Crippen LogP contribution in [0.2, 0.25) is 0 Å². The third-order valence-corrected chi connectivity index (χ3v) is 3.11. The molecule has 0 bridgehead atoms.